The summed E-state index contributed by atoms with van der Waals surface area (Å²) in [6.45, 7) is 0.488. The van der Waals surface area contributed by atoms with Crippen LogP contribution in [0.25, 0.3) is 0 Å². The van der Waals surface area contributed by atoms with Gasteiger partial charge in [0.25, 0.3) is 0 Å². The maximum atomic E-state index is 6.01. The monoisotopic (exact) mass is 309 g/mol. The third-order valence-electron chi connectivity index (χ3n) is 3.89. The van der Waals surface area contributed by atoms with E-state index >= 15 is 0 Å². The summed E-state index contributed by atoms with van der Waals surface area (Å²) in [7, 11) is 1.67. The van der Waals surface area contributed by atoms with Gasteiger partial charge in [-0.25, -0.2) is 0 Å². The average molecular weight is 310 g/mol. The third-order valence-corrected chi connectivity index (χ3v) is 4.12. The number of aliphatic imine (C=N–C) groups is 1. The van der Waals surface area contributed by atoms with Gasteiger partial charge in [-0.05, 0) is 30.5 Å². The molecular formula is C16H24ClN3O. The molecule has 1 aromatic carbocycles. The van der Waals surface area contributed by atoms with Gasteiger partial charge in [0.15, 0.2) is 5.96 Å². The summed E-state index contributed by atoms with van der Waals surface area (Å²) in [6.07, 6.45) is 6.10. The Morgan fingerprint density at radius 3 is 2.86 bits per heavy atom. The van der Waals surface area contributed by atoms with Crippen LogP contribution in [0.4, 0.5) is 0 Å². The summed E-state index contributed by atoms with van der Waals surface area (Å²) in [6, 6.07) is 8.11. The Balaban J connectivity index is 1.90. The van der Waals surface area contributed by atoms with Crippen molar-refractivity contribution in [1.29, 1.82) is 0 Å². The number of guanidine groups is 1. The molecule has 0 aliphatic heterocycles. The van der Waals surface area contributed by atoms with E-state index in [0.29, 0.717) is 23.6 Å². The van der Waals surface area contributed by atoms with E-state index in [1.54, 1.807) is 7.11 Å². The molecule has 0 amide bonds. The van der Waals surface area contributed by atoms with Crippen LogP contribution in [0, 0.1) is 0 Å². The predicted octanol–water partition coefficient (Wildman–Crippen LogP) is 3.26. The Morgan fingerprint density at radius 2 is 2.19 bits per heavy atom. The number of methoxy groups -OCH3 is 1. The normalized spacial score (nSPS) is 18.5. The Kier molecular flexibility index (Phi) is 6.33. The van der Waals surface area contributed by atoms with E-state index in [-0.39, 0.29) is 6.10 Å². The van der Waals surface area contributed by atoms with E-state index in [0.717, 1.165) is 5.56 Å². The SMILES string of the molecule is COC(CN=C(N)NC1CCCCC1)c1cccc(Cl)c1. The van der Waals surface area contributed by atoms with Crippen LogP contribution in [0.5, 0.6) is 0 Å². The molecule has 4 nitrogen and oxygen atoms in total. The van der Waals surface area contributed by atoms with Gasteiger partial charge in [0.05, 0.1) is 6.54 Å². The molecule has 1 unspecified atom stereocenters. The Labute approximate surface area is 131 Å². The molecule has 0 aromatic heterocycles. The lowest BCUT2D eigenvalue weighted by Gasteiger charge is -2.23. The third kappa shape index (κ3) is 5.21. The van der Waals surface area contributed by atoms with Crippen LogP contribution in [-0.2, 0) is 4.74 Å². The molecule has 0 heterocycles. The molecule has 1 aliphatic carbocycles. The summed E-state index contributed by atoms with van der Waals surface area (Å²) >= 11 is 6.01. The molecule has 1 saturated carbocycles. The molecule has 21 heavy (non-hydrogen) atoms. The van der Waals surface area contributed by atoms with Crippen molar-refractivity contribution < 1.29 is 4.74 Å². The maximum Gasteiger partial charge on any atom is 0.188 e. The second-order valence-electron chi connectivity index (χ2n) is 5.48. The van der Waals surface area contributed by atoms with E-state index in [1.165, 1.54) is 32.1 Å². The second kappa shape index (κ2) is 8.25. The van der Waals surface area contributed by atoms with Crippen molar-refractivity contribution in [3.63, 3.8) is 0 Å². The van der Waals surface area contributed by atoms with Crippen molar-refractivity contribution in [3.8, 4) is 0 Å². The molecule has 0 spiro atoms. The van der Waals surface area contributed by atoms with Gasteiger partial charge in [0.2, 0.25) is 0 Å². The van der Waals surface area contributed by atoms with Crippen LogP contribution in [-0.4, -0.2) is 25.7 Å². The molecule has 1 fully saturated rings. The highest BCUT2D eigenvalue weighted by molar-refractivity contribution is 6.30. The van der Waals surface area contributed by atoms with Crippen molar-refractivity contribution in [1.82, 2.24) is 5.32 Å². The lowest BCUT2D eigenvalue weighted by atomic mass is 9.96. The molecule has 1 atom stereocenters. The van der Waals surface area contributed by atoms with Gasteiger partial charge in [-0.3, -0.25) is 4.99 Å². The van der Waals surface area contributed by atoms with Crippen LogP contribution >= 0.6 is 11.6 Å². The summed E-state index contributed by atoms with van der Waals surface area (Å²) in [5.41, 5.74) is 6.99. The zero-order chi connectivity index (χ0) is 15.1. The van der Waals surface area contributed by atoms with E-state index in [1.807, 2.05) is 24.3 Å². The summed E-state index contributed by atoms with van der Waals surface area (Å²) < 4.78 is 5.48. The number of nitrogens with one attached hydrogen (secondary N) is 1. The first kappa shape index (κ1) is 16.1. The molecule has 0 radical (unpaired) electrons. The van der Waals surface area contributed by atoms with Gasteiger partial charge in [-0.1, -0.05) is 43.0 Å². The molecule has 5 heteroatoms. The van der Waals surface area contributed by atoms with Crippen molar-refractivity contribution in [2.24, 2.45) is 10.7 Å². The van der Waals surface area contributed by atoms with Crippen LogP contribution in [0.1, 0.15) is 43.8 Å². The topological polar surface area (TPSA) is 59.6 Å². The van der Waals surface area contributed by atoms with E-state index in [9.17, 15) is 0 Å². The van der Waals surface area contributed by atoms with Crippen molar-refractivity contribution >= 4 is 17.6 Å². The van der Waals surface area contributed by atoms with Gasteiger partial charge < -0.3 is 15.8 Å². The minimum Gasteiger partial charge on any atom is -0.375 e. The van der Waals surface area contributed by atoms with Gasteiger partial charge in [-0.15, -0.1) is 0 Å². The smallest absolute Gasteiger partial charge is 0.188 e. The number of hydrogen-bond donors (Lipinski definition) is 2. The fourth-order valence-electron chi connectivity index (χ4n) is 2.71. The number of ether oxygens (including phenoxy) is 1. The van der Waals surface area contributed by atoms with Crippen LogP contribution < -0.4 is 11.1 Å². The average Bonchev–Trinajstić information content (AvgIpc) is 2.49. The lowest BCUT2D eigenvalue weighted by Crippen LogP contribution is -2.41. The van der Waals surface area contributed by atoms with E-state index < -0.39 is 0 Å². The number of nitrogens with two attached hydrogens (primary N) is 1. The zero-order valence-corrected chi connectivity index (χ0v) is 13.3. The lowest BCUT2D eigenvalue weighted by molar-refractivity contribution is 0.111. The fourth-order valence-corrected chi connectivity index (χ4v) is 2.90. The first-order valence-corrected chi connectivity index (χ1v) is 7.91. The van der Waals surface area contributed by atoms with E-state index in [4.69, 9.17) is 22.1 Å². The van der Waals surface area contributed by atoms with Gasteiger partial charge in [0.1, 0.15) is 6.10 Å². The Bertz CT molecular complexity index is 472. The van der Waals surface area contributed by atoms with Gasteiger partial charge in [-0.2, -0.15) is 0 Å². The standard InChI is InChI=1S/C16H24ClN3O/c1-21-15(12-6-5-7-13(17)10-12)11-19-16(18)20-14-8-3-2-4-9-14/h5-7,10,14-15H,2-4,8-9,11H2,1H3,(H3,18,19,20). The molecule has 1 aliphatic rings. The molecular weight excluding hydrogens is 286 g/mol. The van der Waals surface area contributed by atoms with Gasteiger partial charge in [0, 0.05) is 18.2 Å². The molecule has 0 saturated heterocycles. The zero-order valence-electron chi connectivity index (χ0n) is 12.5. The van der Waals surface area contributed by atoms with Crippen molar-refractivity contribution in [2.45, 2.75) is 44.2 Å². The van der Waals surface area contributed by atoms with Gasteiger partial charge >= 0.3 is 0 Å². The number of halogens is 1. The summed E-state index contributed by atoms with van der Waals surface area (Å²) in [5.74, 6) is 0.506. The minimum atomic E-state index is -0.129. The molecule has 1 aromatic rings. The Morgan fingerprint density at radius 1 is 1.43 bits per heavy atom. The molecule has 0 bridgehead atoms. The predicted molar refractivity (Wildman–Crippen MR) is 87.7 cm³/mol. The first-order valence-electron chi connectivity index (χ1n) is 7.53. The van der Waals surface area contributed by atoms with E-state index in [2.05, 4.69) is 10.3 Å². The highest BCUT2D eigenvalue weighted by Crippen LogP contribution is 2.21. The summed E-state index contributed by atoms with van der Waals surface area (Å²) in [5, 5.41) is 4.01. The number of hydrogen-bond acceptors (Lipinski definition) is 2. The number of nitrogens with zero attached hydrogens (tertiary/aromatic N) is 1. The van der Waals surface area contributed by atoms with Crippen molar-refractivity contribution in [3.05, 3.63) is 34.9 Å². The molecule has 3 N–H and O–H groups in total. The highest BCUT2D eigenvalue weighted by atomic mass is 35.5. The van der Waals surface area contributed by atoms with Crippen molar-refractivity contribution in [2.75, 3.05) is 13.7 Å². The van der Waals surface area contributed by atoms with Crippen LogP contribution in [0.2, 0.25) is 5.02 Å². The first-order chi connectivity index (χ1) is 10.2. The Hall–Kier alpha value is -1.26. The largest absolute Gasteiger partial charge is 0.375 e. The minimum absolute atomic E-state index is 0.129. The maximum absolute atomic E-state index is 6.01. The van der Waals surface area contributed by atoms with Crippen LogP contribution in [0.15, 0.2) is 29.3 Å². The molecule has 2 rings (SSSR count). The molecule has 116 valence electrons. The fraction of sp³-hybridized carbons (Fsp3) is 0.562. The highest BCUT2D eigenvalue weighted by Gasteiger charge is 2.14. The summed E-state index contributed by atoms with van der Waals surface area (Å²) in [4.78, 5) is 4.41. The van der Waals surface area contributed by atoms with Crippen LogP contribution in [0.3, 0.4) is 0 Å². The number of rotatable bonds is 5. The number of benzene rings is 1. The second-order valence-corrected chi connectivity index (χ2v) is 5.92. The quantitative estimate of drug-likeness (QED) is 0.648.